The molecule has 0 radical (unpaired) electrons. The molecule has 0 atom stereocenters. The molecule has 22 heavy (non-hydrogen) atoms. The smallest absolute Gasteiger partial charge is 0.342 e. The number of aldehydes is 1. The third-order valence-electron chi connectivity index (χ3n) is 3.25. The molecule has 0 bridgehead atoms. The Balaban J connectivity index is 2.13. The quantitative estimate of drug-likeness (QED) is 0.546. The second-order valence-corrected chi connectivity index (χ2v) is 4.63. The summed E-state index contributed by atoms with van der Waals surface area (Å²) in [6.45, 7) is 2.04. The molecule has 0 saturated carbocycles. The molecular weight excluding hydrogens is 282 g/mol. The van der Waals surface area contributed by atoms with Gasteiger partial charge in [0, 0.05) is 17.3 Å². The Bertz CT molecular complexity index is 837. The Hall–Kier alpha value is -3.02. The van der Waals surface area contributed by atoms with Crippen molar-refractivity contribution in [3.8, 4) is 11.1 Å². The van der Waals surface area contributed by atoms with Gasteiger partial charge in [0.25, 0.3) is 0 Å². The molecule has 110 valence electrons. The van der Waals surface area contributed by atoms with Gasteiger partial charge >= 0.3 is 5.97 Å². The lowest BCUT2D eigenvalue weighted by Crippen LogP contribution is -2.08. The fraction of sp³-hybridized carbons (Fsp3) is 0.125. The molecule has 3 aromatic rings. The topological polar surface area (TPSA) is 73.6 Å². The van der Waals surface area contributed by atoms with Crippen LogP contribution in [-0.4, -0.2) is 33.5 Å². The van der Waals surface area contributed by atoms with Gasteiger partial charge in [-0.25, -0.2) is 14.3 Å². The van der Waals surface area contributed by atoms with Gasteiger partial charge in [-0.2, -0.15) is 5.10 Å². The van der Waals surface area contributed by atoms with E-state index in [1.165, 1.54) is 10.8 Å². The molecular formula is C16H13N3O3. The van der Waals surface area contributed by atoms with E-state index >= 15 is 0 Å². The van der Waals surface area contributed by atoms with Crippen LogP contribution in [0.2, 0.25) is 0 Å². The van der Waals surface area contributed by atoms with E-state index in [0.717, 1.165) is 17.4 Å². The van der Waals surface area contributed by atoms with Crippen LogP contribution in [0.4, 0.5) is 0 Å². The number of pyridine rings is 1. The first-order valence-electron chi connectivity index (χ1n) is 6.79. The molecule has 0 unspecified atom stereocenters. The SMILES string of the molecule is CCOC(=O)c1cc(-c2ccc(C=O)cc2)cn2ncnc12. The zero-order chi connectivity index (χ0) is 15.5. The lowest BCUT2D eigenvalue weighted by Gasteiger charge is -2.07. The number of carbonyl (C=O) groups is 2. The number of benzene rings is 1. The van der Waals surface area contributed by atoms with Crippen LogP contribution in [0.25, 0.3) is 16.8 Å². The number of nitrogens with zero attached hydrogens (tertiary/aromatic N) is 3. The zero-order valence-electron chi connectivity index (χ0n) is 11.9. The second-order valence-electron chi connectivity index (χ2n) is 4.63. The first kappa shape index (κ1) is 13.9. The van der Waals surface area contributed by atoms with Gasteiger partial charge in [0.1, 0.15) is 18.2 Å². The molecule has 0 spiro atoms. The van der Waals surface area contributed by atoms with Gasteiger partial charge in [0.2, 0.25) is 0 Å². The highest BCUT2D eigenvalue weighted by molar-refractivity contribution is 5.97. The van der Waals surface area contributed by atoms with Gasteiger partial charge < -0.3 is 4.74 Å². The maximum atomic E-state index is 12.1. The summed E-state index contributed by atoms with van der Waals surface area (Å²) < 4.78 is 6.60. The van der Waals surface area contributed by atoms with Crippen molar-refractivity contribution in [1.29, 1.82) is 0 Å². The standard InChI is InChI=1S/C16H13N3O3/c1-2-22-16(21)14-7-13(8-19-15(14)17-10-18-19)12-5-3-11(9-20)4-6-12/h3-10H,2H2,1H3. The maximum absolute atomic E-state index is 12.1. The molecule has 0 saturated heterocycles. The molecule has 0 aliphatic carbocycles. The minimum atomic E-state index is -0.438. The molecule has 6 nitrogen and oxygen atoms in total. The average molecular weight is 295 g/mol. The Kier molecular flexibility index (Phi) is 3.65. The number of hydrogen-bond donors (Lipinski definition) is 0. The molecule has 2 aromatic heterocycles. The van der Waals surface area contributed by atoms with Gasteiger partial charge in [-0.15, -0.1) is 0 Å². The van der Waals surface area contributed by atoms with Crippen LogP contribution in [0, 0.1) is 0 Å². The molecule has 0 aliphatic rings. The van der Waals surface area contributed by atoms with Crippen molar-refractivity contribution in [3.05, 3.63) is 54.0 Å². The van der Waals surface area contributed by atoms with E-state index in [9.17, 15) is 9.59 Å². The van der Waals surface area contributed by atoms with E-state index in [1.807, 2.05) is 12.1 Å². The summed E-state index contributed by atoms with van der Waals surface area (Å²) in [4.78, 5) is 26.9. The first-order chi connectivity index (χ1) is 10.7. The molecule has 3 rings (SSSR count). The lowest BCUT2D eigenvalue weighted by atomic mass is 10.0. The van der Waals surface area contributed by atoms with Crippen molar-refractivity contribution in [2.45, 2.75) is 6.92 Å². The monoisotopic (exact) mass is 295 g/mol. The normalized spacial score (nSPS) is 10.6. The van der Waals surface area contributed by atoms with E-state index in [-0.39, 0.29) is 6.61 Å². The lowest BCUT2D eigenvalue weighted by molar-refractivity contribution is 0.0528. The highest BCUT2D eigenvalue weighted by atomic mass is 16.5. The third kappa shape index (κ3) is 2.46. The Morgan fingerprint density at radius 1 is 1.27 bits per heavy atom. The average Bonchev–Trinajstić information content (AvgIpc) is 3.02. The second kappa shape index (κ2) is 5.77. The number of ether oxygens (including phenoxy) is 1. The first-order valence-corrected chi connectivity index (χ1v) is 6.79. The Morgan fingerprint density at radius 3 is 2.73 bits per heavy atom. The number of rotatable bonds is 4. The molecule has 0 fully saturated rings. The predicted molar refractivity (Wildman–Crippen MR) is 79.8 cm³/mol. The fourth-order valence-electron chi connectivity index (χ4n) is 2.20. The van der Waals surface area contributed by atoms with Crippen molar-refractivity contribution in [1.82, 2.24) is 14.6 Å². The van der Waals surface area contributed by atoms with E-state index in [1.54, 1.807) is 31.3 Å². The van der Waals surface area contributed by atoms with E-state index in [0.29, 0.717) is 16.8 Å². The molecule has 2 heterocycles. The van der Waals surface area contributed by atoms with Crippen LogP contribution in [0.1, 0.15) is 27.6 Å². The van der Waals surface area contributed by atoms with Crippen molar-refractivity contribution >= 4 is 17.9 Å². The summed E-state index contributed by atoms with van der Waals surface area (Å²) in [5.41, 5.74) is 3.06. The van der Waals surface area contributed by atoms with Crippen LogP contribution in [0.5, 0.6) is 0 Å². The van der Waals surface area contributed by atoms with Crippen LogP contribution in [0.15, 0.2) is 42.9 Å². The summed E-state index contributed by atoms with van der Waals surface area (Å²) in [7, 11) is 0. The highest BCUT2D eigenvalue weighted by Gasteiger charge is 2.15. The minimum Gasteiger partial charge on any atom is -0.462 e. The highest BCUT2D eigenvalue weighted by Crippen LogP contribution is 2.23. The number of hydrogen-bond acceptors (Lipinski definition) is 5. The van der Waals surface area contributed by atoms with Crippen LogP contribution < -0.4 is 0 Å². The van der Waals surface area contributed by atoms with Gasteiger partial charge in [-0.05, 0) is 18.6 Å². The minimum absolute atomic E-state index is 0.289. The number of aromatic nitrogens is 3. The summed E-state index contributed by atoms with van der Waals surface area (Å²) in [5.74, 6) is -0.438. The number of carbonyl (C=O) groups excluding carboxylic acids is 2. The van der Waals surface area contributed by atoms with Crippen molar-refractivity contribution in [2.24, 2.45) is 0 Å². The molecule has 0 N–H and O–H groups in total. The largest absolute Gasteiger partial charge is 0.462 e. The van der Waals surface area contributed by atoms with Crippen LogP contribution in [-0.2, 0) is 4.74 Å². The molecule has 1 aromatic carbocycles. The van der Waals surface area contributed by atoms with Gasteiger partial charge in [-0.1, -0.05) is 24.3 Å². The fourth-order valence-corrected chi connectivity index (χ4v) is 2.20. The molecule has 0 aliphatic heterocycles. The summed E-state index contributed by atoms with van der Waals surface area (Å²) in [6.07, 6.45) is 3.95. The summed E-state index contributed by atoms with van der Waals surface area (Å²) >= 11 is 0. The number of esters is 1. The van der Waals surface area contributed by atoms with Crippen molar-refractivity contribution < 1.29 is 14.3 Å². The van der Waals surface area contributed by atoms with Crippen molar-refractivity contribution in [2.75, 3.05) is 6.61 Å². The molecule has 6 heteroatoms. The number of fused-ring (bicyclic) bond motifs is 1. The summed E-state index contributed by atoms with van der Waals surface area (Å²) in [6, 6.07) is 8.79. The predicted octanol–water partition coefficient (Wildman–Crippen LogP) is 2.39. The molecule has 0 amide bonds. The van der Waals surface area contributed by atoms with Crippen molar-refractivity contribution in [3.63, 3.8) is 0 Å². The summed E-state index contributed by atoms with van der Waals surface area (Å²) in [5, 5.41) is 4.08. The van der Waals surface area contributed by atoms with E-state index in [4.69, 9.17) is 4.74 Å². The van der Waals surface area contributed by atoms with Gasteiger partial charge in [0.15, 0.2) is 5.65 Å². The van der Waals surface area contributed by atoms with Gasteiger partial charge in [0.05, 0.1) is 6.61 Å². The van der Waals surface area contributed by atoms with E-state index in [2.05, 4.69) is 10.1 Å². The Morgan fingerprint density at radius 2 is 2.05 bits per heavy atom. The van der Waals surface area contributed by atoms with Gasteiger partial charge in [-0.3, -0.25) is 4.79 Å². The third-order valence-corrected chi connectivity index (χ3v) is 3.25. The van der Waals surface area contributed by atoms with Crippen LogP contribution in [0.3, 0.4) is 0 Å². The zero-order valence-corrected chi connectivity index (χ0v) is 11.9. The van der Waals surface area contributed by atoms with E-state index < -0.39 is 5.97 Å². The maximum Gasteiger partial charge on any atom is 0.342 e. The Labute approximate surface area is 126 Å². The van der Waals surface area contributed by atoms with Crippen LogP contribution >= 0.6 is 0 Å².